The minimum atomic E-state index is -3.68. The number of benzene rings is 2. The molecular formula is C19H20ClN3O2S. The molecule has 1 heterocycles. The van der Waals surface area contributed by atoms with Crippen molar-refractivity contribution in [2.24, 2.45) is 0 Å². The summed E-state index contributed by atoms with van der Waals surface area (Å²) < 4.78 is 29.9. The minimum absolute atomic E-state index is 0.313. The van der Waals surface area contributed by atoms with Crippen molar-refractivity contribution in [2.45, 2.75) is 32.2 Å². The van der Waals surface area contributed by atoms with Gasteiger partial charge < -0.3 is 0 Å². The molecule has 3 aromatic rings. The summed E-state index contributed by atoms with van der Waals surface area (Å²) in [5.74, 6) is 0. The van der Waals surface area contributed by atoms with Crippen molar-refractivity contribution in [3.63, 3.8) is 0 Å². The van der Waals surface area contributed by atoms with Gasteiger partial charge in [0.25, 0.3) is 10.0 Å². The van der Waals surface area contributed by atoms with E-state index < -0.39 is 10.0 Å². The summed E-state index contributed by atoms with van der Waals surface area (Å²) in [7, 11) is -3.68. The van der Waals surface area contributed by atoms with Crippen LogP contribution in [0.2, 0.25) is 5.02 Å². The largest absolute Gasteiger partial charge is 0.276 e. The van der Waals surface area contributed by atoms with Crippen LogP contribution < -0.4 is 4.72 Å². The molecule has 0 aliphatic rings. The van der Waals surface area contributed by atoms with Crippen molar-refractivity contribution in [1.29, 1.82) is 0 Å². The number of nitrogens with zero attached hydrogens (tertiary/aromatic N) is 2. The van der Waals surface area contributed by atoms with Crippen LogP contribution in [-0.2, 0) is 16.6 Å². The first-order chi connectivity index (χ1) is 12.2. The van der Waals surface area contributed by atoms with Crippen LogP contribution in [0.3, 0.4) is 0 Å². The van der Waals surface area contributed by atoms with Crippen LogP contribution in [0.25, 0.3) is 0 Å². The maximum Gasteiger partial charge on any atom is 0.262 e. The molecule has 0 aliphatic heterocycles. The van der Waals surface area contributed by atoms with Gasteiger partial charge in [0.1, 0.15) is 0 Å². The van der Waals surface area contributed by atoms with Crippen molar-refractivity contribution < 1.29 is 8.42 Å². The number of aromatic nitrogens is 2. The highest BCUT2D eigenvalue weighted by atomic mass is 35.5. The van der Waals surface area contributed by atoms with Gasteiger partial charge in [0.05, 0.1) is 23.3 Å². The summed E-state index contributed by atoms with van der Waals surface area (Å²) >= 11 is 5.89. The van der Waals surface area contributed by atoms with Crippen LogP contribution in [0.5, 0.6) is 0 Å². The molecule has 0 fully saturated rings. The van der Waals surface area contributed by atoms with Gasteiger partial charge in [-0.25, -0.2) is 8.42 Å². The van der Waals surface area contributed by atoms with Crippen LogP contribution in [0.4, 0.5) is 5.69 Å². The van der Waals surface area contributed by atoms with E-state index in [9.17, 15) is 8.42 Å². The van der Waals surface area contributed by atoms with Gasteiger partial charge in [-0.3, -0.25) is 9.40 Å². The monoisotopic (exact) mass is 389 g/mol. The predicted molar refractivity (Wildman–Crippen MR) is 104 cm³/mol. The highest BCUT2D eigenvalue weighted by molar-refractivity contribution is 7.92. The predicted octanol–water partition coefficient (Wildman–Crippen LogP) is 4.31. The molecule has 0 saturated heterocycles. The standard InChI is InChI=1S/C19H20ClN3O2S/c1-13-8-14(2)19(15(3)9-13)26(24,25)22-18-10-21-23(12-18)11-16-4-6-17(20)7-5-16/h4-10,12,22H,11H2,1-3H3. The van der Waals surface area contributed by atoms with E-state index in [1.165, 1.54) is 6.20 Å². The van der Waals surface area contributed by atoms with Crippen LogP contribution in [-0.4, -0.2) is 18.2 Å². The summed E-state index contributed by atoms with van der Waals surface area (Å²) in [5, 5.41) is 4.90. The molecule has 0 amide bonds. The Bertz CT molecular complexity index is 1020. The van der Waals surface area contributed by atoms with E-state index in [1.807, 2.05) is 43.3 Å². The number of sulfonamides is 1. The molecule has 0 radical (unpaired) electrons. The second-order valence-corrected chi connectivity index (χ2v) is 8.44. The van der Waals surface area contributed by atoms with Crippen molar-refractivity contribution in [3.05, 3.63) is 76.1 Å². The lowest BCUT2D eigenvalue weighted by Gasteiger charge is -2.12. The first-order valence-corrected chi connectivity index (χ1v) is 9.98. The summed E-state index contributed by atoms with van der Waals surface area (Å²) in [6, 6.07) is 11.2. The Balaban J connectivity index is 1.81. The highest BCUT2D eigenvalue weighted by Crippen LogP contribution is 2.24. The number of hydrogen-bond donors (Lipinski definition) is 1. The number of nitrogens with one attached hydrogen (secondary N) is 1. The smallest absolute Gasteiger partial charge is 0.262 e. The van der Waals surface area contributed by atoms with Crippen LogP contribution in [0.15, 0.2) is 53.7 Å². The molecule has 0 atom stereocenters. The van der Waals surface area contributed by atoms with Gasteiger partial charge >= 0.3 is 0 Å². The number of halogens is 1. The van der Waals surface area contributed by atoms with E-state index >= 15 is 0 Å². The van der Waals surface area contributed by atoms with Gasteiger partial charge in [-0.1, -0.05) is 41.4 Å². The summed E-state index contributed by atoms with van der Waals surface area (Å²) in [6.07, 6.45) is 3.18. The van der Waals surface area contributed by atoms with Crippen LogP contribution in [0.1, 0.15) is 22.3 Å². The molecule has 5 nitrogen and oxygen atoms in total. The van der Waals surface area contributed by atoms with Crippen molar-refractivity contribution in [2.75, 3.05) is 4.72 Å². The third kappa shape index (κ3) is 4.08. The molecule has 1 aromatic heterocycles. The average Bonchev–Trinajstić information content (AvgIpc) is 2.94. The molecule has 3 rings (SSSR count). The zero-order valence-electron chi connectivity index (χ0n) is 14.8. The Morgan fingerprint density at radius 3 is 2.31 bits per heavy atom. The van der Waals surface area contributed by atoms with Gasteiger partial charge in [0.2, 0.25) is 0 Å². The summed E-state index contributed by atoms with van der Waals surface area (Å²) in [6.45, 7) is 6.09. The molecule has 7 heteroatoms. The Hall–Kier alpha value is -2.31. The van der Waals surface area contributed by atoms with E-state index in [0.29, 0.717) is 22.2 Å². The second kappa shape index (κ2) is 7.13. The van der Waals surface area contributed by atoms with Crippen molar-refractivity contribution >= 4 is 27.3 Å². The molecule has 0 spiro atoms. The zero-order valence-corrected chi connectivity index (χ0v) is 16.4. The maximum absolute atomic E-state index is 12.8. The lowest BCUT2D eigenvalue weighted by molar-refractivity contribution is 0.600. The number of rotatable bonds is 5. The van der Waals surface area contributed by atoms with Crippen molar-refractivity contribution in [3.8, 4) is 0 Å². The molecule has 2 aromatic carbocycles. The fourth-order valence-corrected chi connectivity index (χ4v) is 4.69. The van der Waals surface area contributed by atoms with E-state index in [4.69, 9.17) is 11.6 Å². The van der Waals surface area contributed by atoms with Gasteiger partial charge in [0.15, 0.2) is 0 Å². The molecule has 0 bridgehead atoms. The lowest BCUT2D eigenvalue weighted by Crippen LogP contribution is -2.15. The molecule has 136 valence electrons. The van der Waals surface area contributed by atoms with E-state index in [1.54, 1.807) is 24.7 Å². The van der Waals surface area contributed by atoms with E-state index in [-0.39, 0.29) is 0 Å². The Kier molecular flexibility index (Phi) is 5.07. The quantitative estimate of drug-likeness (QED) is 0.707. The molecule has 0 saturated carbocycles. The lowest BCUT2D eigenvalue weighted by atomic mass is 10.1. The summed E-state index contributed by atoms with van der Waals surface area (Å²) in [4.78, 5) is 0.313. The fourth-order valence-electron chi connectivity index (χ4n) is 3.08. The topological polar surface area (TPSA) is 64.0 Å². The SMILES string of the molecule is Cc1cc(C)c(S(=O)(=O)Nc2cnn(Cc3ccc(Cl)cc3)c2)c(C)c1. The first-order valence-electron chi connectivity index (χ1n) is 8.12. The Labute approximate surface area is 158 Å². The third-order valence-corrected chi connectivity index (χ3v) is 5.95. The molecule has 1 N–H and O–H groups in total. The molecule has 0 aliphatic carbocycles. The second-order valence-electron chi connectivity index (χ2n) is 6.39. The van der Waals surface area contributed by atoms with Crippen LogP contribution in [0, 0.1) is 20.8 Å². The molecule has 0 unspecified atom stereocenters. The van der Waals surface area contributed by atoms with Gasteiger partial charge in [-0.2, -0.15) is 5.10 Å². The molecule has 26 heavy (non-hydrogen) atoms. The Morgan fingerprint density at radius 2 is 1.69 bits per heavy atom. The number of anilines is 1. The normalized spacial score (nSPS) is 11.5. The fraction of sp³-hybridized carbons (Fsp3) is 0.211. The van der Waals surface area contributed by atoms with Gasteiger partial charge in [-0.15, -0.1) is 0 Å². The first kappa shape index (κ1) is 18.5. The molecular weight excluding hydrogens is 370 g/mol. The van der Waals surface area contributed by atoms with Gasteiger partial charge in [-0.05, 0) is 49.6 Å². The van der Waals surface area contributed by atoms with E-state index in [2.05, 4.69) is 9.82 Å². The highest BCUT2D eigenvalue weighted by Gasteiger charge is 2.20. The average molecular weight is 390 g/mol. The Morgan fingerprint density at radius 1 is 1.08 bits per heavy atom. The third-order valence-electron chi connectivity index (χ3n) is 4.02. The summed E-state index contributed by atoms with van der Waals surface area (Å²) in [5.41, 5.74) is 3.94. The van der Waals surface area contributed by atoms with Crippen LogP contribution >= 0.6 is 11.6 Å². The maximum atomic E-state index is 12.8. The van der Waals surface area contributed by atoms with E-state index in [0.717, 1.165) is 22.3 Å². The number of aryl methyl sites for hydroxylation is 3. The van der Waals surface area contributed by atoms with Gasteiger partial charge in [0, 0.05) is 11.2 Å². The number of hydrogen-bond acceptors (Lipinski definition) is 3. The zero-order chi connectivity index (χ0) is 18.9. The van der Waals surface area contributed by atoms with Crippen molar-refractivity contribution in [1.82, 2.24) is 9.78 Å². The minimum Gasteiger partial charge on any atom is -0.276 e.